The summed E-state index contributed by atoms with van der Waals surface area (Å²) in [5.74, 6) is 1.07. The number of amidine groups is 1. The van der Waals surface area contributed by atoms with Crippen molar-refractivity contribution in [2.75, 3.05) is 25.0 Å². The molecule has 0 unspecified atom stereocenters. The van der Waals surface area contributed by atoms with Crippen LogP contribution in [0.15, 0.2) is 23.2 Å². The molecule has 0 fully saturated rings. The van der Waals surface area contributed by atoms with Gasteiger partial charge in [0.2, 0.25) is 0 Å². The van der Waals surface area contributed by atoms with Gasteiger partial charge in [0.1, 0.15) is 11.6 Å². The Morgan fingerprint density at radius 1 is 1.47 bits per heavy atom. The van der Waals surface area contributed by atoms with Crippen LogP contribution in [0.4, 0.5) is 14.5 Å². The van der Waals surface area contributed by atoms with E-state index in [-0.39, 0.29) is 18.2 Å². The molecule has 106 valence electrons. The number of nitrogens with one attached hydrogen (secondary N) is 2. The maximum atomic E-state index is 12.2. The summed E-state index contributed by atoms with van der Waals surface area (Å²) in [6.07, 6.45) is 0. The van der Waals surface area contributed by atoms with Crippen molar-refractivity contribution in [2.24, 2.45) is 4.99 Å². The fourth-order valence-electron chi connectivity index (χ4n) is 1.77. The fraction of sp³-hybridized carbons (Fsp3) is 0.417. The number of benzene rings is 1. The molecule has 0 bridgehead atoms. The first-order valence-electron chi connectivity index (χ1n) is 5.72. The van der Waals surface area contributed by atoms with Gasteiger partial charge in [-0.3, -0.25) is 4.99 Å². The molecule has 1 heterocycles. The largest absolute Gasteiger partial charge is 0.434 e. The summed E-state index contributed by atoms with van der Waals surface area (Å²) in [6, 6.07) is 5.03. The maximum Gasteiger partial charge on any atom is 0.387 e. The topological polar surface area (TPSA) is 45.7 Å². The molecular weight excluding hydrogens is 276 g/mol. The van der Waals surface area contributed by atoms with Crippen LogP contribution in [0, 0.1) is 6.92 Å². The summed E-state index contributed by atoms with van der Waals surface area (Å²) >= 11 is 0. The van der Waals surface area contributed by atoms with Gasteiger partial charge in [-0.15, -0.1) is 12.4 Å². The van der Waals surface area contributed by atoms with Crippen molar-refractivity contribution in [3.63, 3.8) is 0 Å². The van der Waals surface area contributed by atoms with Crippen LogP contribution in [0.25, 0.3) is 0 Å². The molecule has 1 aromatic carbocycles. The molecule has 0 radical (unpaired) electrons. The van der Waals surface area contributed by atoms with Crippen molar-refractivity contribution in [1.82, 2.24) is 5.32 Å². The Labute approximate surface area is 116 Å². The number of anilines is 1. The molecule has 0 aliphatic carbocycles. The average molecular weight is 292 g/mol. The third-order valence-corrected chi connectivity index (χ3v) is 2.69. The van der Waals surface area contributed by atoms with E-state index in [2.05, 4.69) is 20.4 Å². The van der Waals surface area contributed by atoms with Crippen molar-refractivity contribution < 1.29 is 13.5 Å². The predicted octanol–water partition coefficient (Wildman–Crippen LogP) is 2.43. The van der Waals surface area contributed by atoms with E-state index in [1.165, 1.54) is 6.07 Å². The van der Waals surface area contributed by atoms with Crippen LogP contribution >= 0.6 is 12.4 Å². The molecule has 0 aromatic heterocycles. The Balaban J connectivity index is 0.00000180. The SMILES string of the molecule is Cc1c(NCC2=NCCN2)cccc1OC(F)F.Cl. The van der Waals surface area contributed by atoms with Crippen LogP contribution in [0.1, 0.15) is 5.56 Å². The zero-order chi connectivity index (χ0) is 13.0. The molecule has 2 rings (SSSR count). The second-order valence-electron chi connectivity index (χ2n) is 3.92. The zero-order valence-electron chi connectivity index (χ0n) is 10.5. The highest BCUT2D eigenvalue weighted by Crippen LogP contribution is 2.26. The van der Waals surface area contributed by atoms with E-state index in [9.17, 15) is 8.78 Å². The molecule has 0 saturated heterocycles. The van der Waals surface area contributed by atoms with Gasteiger partial charge in [0.05, 0.1) is 13.1 Å². The predicted molar refractivity (Wildman–Crippen MR) is 73.9 cm³/mol. The van der Waals surface area contributed by atoms with E-state index in [0.29, 0.717) is 12.1 Å². The molecule has 1 aliphatic heterocycles. The monoisotopic (exact) mass is 291 g/mol. The summed E-state index contributed by atoms with van der Waals surface area (Å²) in [5.41, 5.74) is 1.43. The van der Waals surface area contributed by atoms with Crippen LogP contribution in [0.3, 0.4) is 0 Å². The first-order valence-corrected chi connectivity index (χ1v) is 5.72. The number of rotatable bonds is 5. The molecule has 0 saturated carbocycles. The Morgan fingerprint density at radius 3 is 2.89 bits per heavy atom. The highest BCUT2D eigenvalue weighted by atomic mass is 35.5. The van der Waals surface area contributed by atoms with E-state index < -0.39 is 6.61 Å². The molecular formula is C12H16ClF2N3O. The standard InChI is InChI=1S/C12H15F2N3O.ClH/c1-8-9(17-7-11-15-5-6-16-11)3-2-4-10(8)18-12(13)14;/h2-4,12,17H,5-7H2,1H3,(H,15,16);1H. The van der Waals surface area contributed by atoms with E-state index >= 15 is 0 Å². The van der Waals surface area contributed by atoms with Gasteiger partial charge in [-0.25, -0.2) is 0 Å². The Hall–Kier alpha value is -1.56. The van der Waals surface area contributed by atoms with Crippen LogP contribution in [0.5, 0.6) is 5.75 Å². The molecule has 1 aromatic rings. The second-order valence-corrected chi connectivity index (χ2v) is 3.92. The molecule has 0 amide bonds. The maximum absolute atomic E-state index is 12.2. The number of ether oxygens (including phenoxy) is 1. The minimum absolute atomic E-state index is 0. The quantitative estimate of drug-likeness (QED) is 0.876. The number of halogens is 3. The highest BCUT2D eigenvalue weighted by Gasteiger charge is 2.11. The van der Waals surface area contributed by atoms with Crippen molar-refractivity contribution >= 4 is 23.9 Å². The van der Waals surface area contributed by atoms with Gasteiger partial charge in [-0.2, -0.15) is 8.78 Å². The van der Waals surface area contributed by atoms with Gasteiger partial charge in [0.15, 0.2) is 0 Å². The Kier molecular flexibility index (Phi) is 5.82. The van der Waals surface area contributed by atoms with Gasteiger partial charge >= 0.3 is 6.61 Å². The van der Waals surface area contributed by atoms with Crippen LogP contribution in [-0.4, -0.2) is 32.1 Å². The van der Waals surface area contributed by atoms with Crippen molar-refractivity contribution in [2.45, 2.75) is 13.5 Å². The van der Waals surface area contributed by atoms with Crippen LogP contribution in [0.2, 0.25) is 0 Å². The van der Waals surface area contributed by atoms with Gasteiger partial charge in [-0.1, -0.05) is 6.07 Å². The summed E-state index contributed by atoms with van der Waals surface area (Å²) in [5, 5.41) is 6.28. The lowest BCUT2D eigenvalue weighted by molar-refractivity contribution is -0.0502. The summed E-state index contributed by atoms with van der Waals surface area (Å²) in [4.78, 5) is 4.24. The molecule has 4 nitrogen and oxygen atoms in total. The number of hydrogen-bond acceptors (Lipinski definition) is 4. The third kappa shape index (κ3) is 4.24. The highest BCUT2D eigenvalue weighted by molar-refractivity contribution is 5.87. The molecule has 19 heavy (non-hydrogen) atoms. The van der Waals surface area contributed by atoms with Crippen LogP contribution < -0.4 is 15.4 Å². The first kappa shape index (κ1) is 15.5. The average Bonchev–Trinajstić information content (AvgIpc) is 2.83. The first-order chi connectivity index (χ1) is 8.66. The van der Waals surface area contributed by atoms with Crippen LogP contribution in [-0.2, 0) is 0 Å². The fourth-order valence-corrected chi connectivity index (χ4v) is 1.77. The number of nitrogens with zero attached hydrogens (tertiary/aromatic N) is 1. The Bertz CT molecular complexity index is 455. The smallest absolute Gasteiger partial charge is 0.387 e. The lowest BCUT2D eigenvalue weighted by Gasteiger charge is -2.13. The number of alkyl halides is 2. The second kappa shape index (κ2) is 7.13. The summed E-state index contributed by atoms with van der Waals surface area (Å²) in [7, 11) is 0. The van der Waals surface area contributed by atoms with Crippen molar-refractivity contribution in [3.8, 4) is 5.75 Å². The van der Waals surface area contributed by atoms with Gasteiger partial charge in [0, 0.05) is 17.8 Å². The summed E-state index contributed by atoms with van der Waals surface area (Å²) < 4.78 is 28.8. The van der Waals surface area contributed by atoms with Gasteiger partial charge in [0.25, 0.3) is 0 Å². The van der Waals surface area contributed by atoms with E-state index in [1.807, 2.05) is 6.07 Å². The molecule has 0 atom stereocenters. The Morgan fingerprint density at radius 2 is 2.26 bits per heavy atom. The normalized spacial score (nSPS) is 13.6. The van der Waals surface area contributed by atoms with Gasteiger partial charge in [-0.05, 0) is 19.1 Å². The summed E-state index contributed by atoms with van der Waals surface area (Å²) in [6.45, 7) is 1.12. The van der Waals surface area contributed by atoms with Crippen molar-refractivity contribution in [3.05, 3.63) is 23.8 Å². The van der Waals surface area contributed by atoms with E-state index in [4.69, 9.17) is 0 Å². The third-order valence-electron chi connectivity index (χ3n) is 2.69. The zero-order valence-corrected chi connectivity index (χ0v) is 11.3. The molecule has 7 heteroatoms. The minimum atomic E-state index is -2.81. The molecule has 0 spiro atoms. The lowest BCUT2D eigenvalue weighted by atomic mass is 10.2. The lowest BCUT2D eigenvalue weighted by Crippen LogP contribution is -2.26. The number of hydrogen-bond donors (Lipinski definition) is 2. The van der Waals surface area contributed by atoms with Crippen molar-refractivity contribution in [1.29, 1.82) is 0 Å². The molecule has 1 aliphatic rings. The van der Waals surface area contributed by atoms with E-state index in [0.717, 1.165) is 24.6 Å². The minimum Gasteiger partial charge on any atom is -0.434 e. The molecule has 2 N–H and O–H groups in total. The number of aliphatic imine (C=N–C) groups is 1. The van der Waals surface area contributed by atoms with E-state index in [1.54, 1.807) is 13.0 Å². The van der Waals surface area contributed by atoms with Gasteiger partial charge < -0.3 is 15.4 Å².